The number of hydrogen-bond donors (Lipinski definition) is 0. The van der Waals surface area contributed by atoms with E-state index in [1.807, 2.05) is 111 Å². The van der Waals surface area contributed by atoms with Gasteiger partial charge in [0.2, 0.25) is 0 Å². The average Bonchev–Trinajstić information content (AvgIpc) is 1.54. The molecule has 140 heavy (non-hydrogen) atoms. The molecule has 0 saturated heterocycles. The maximum absolute atomic E-state index is 2.46. The molecule has 0 N–H and O–H groups in total. The zero-order valence-corrected chi connectivity index (χ0v) is 87.0. The Kier molecular flexibility index (Phi) is 27.8. The fraction of sp³-hybridized carbons (Fsp3) is 0.200. The Balaban J connectivity index is 0.000000123. The maximum Gasteiger partial charge on any atom is 0.0165 e. The van der Waals surface area contributed by atoms with E-state index in [0.717, 1.165) is 0 Å². The molecule has 4 aliphatic rings. The third-order valence-electron chi connectivity index (χ3n) is 29.5. The molecule has 0 aromatic heterocycles. The number of fused-ring (bicyclic) bond motifs is 40. The van der Waals surface area contributed by atoms with Crippen LogP contribution in [0.5, 0.6) is 0 Å². The molecule has 0 amide bonds. The van der Waals surface area contributed by atoms with E-state index in [0.29, 0.717) is 0 Å². The van der Waals surface area contributed by atoms with Gasteiger partial charge in [-0.2, -0.15) is 0 Å². The highest BCUT2D eigenvalue weighted by Crippen LogP contribution is 2.61. The molecule has 24 aromatic rings. The monoisotopic (exact) mass is 1820 g/mol. The number of hydrogen-bond acceptors (Lipinski definition) is 0. The van der Waals surface area contributed by atoms with E-state index in [2.05, 4.69) is 444 Å². The summed E-state index contributed by atoms with van der Waals surface area (Å²) in [5, 5.41) is 42.7. The van der Waals surface area contributed by atoms with Crippen LogP contribution in [0.15, 0.2) is 388 Å². The van der Waals surface area contributed by atoms with Gasteiger partial charge in [-0.1, -0.05) is 494 Å². The molecular weight excluding hydrogens is 1680 g/mol. The molecule has 28 rings (SSSR count). The first-order valence-corrected chi connectivity index (χ1v) is 52.2. The number of benzene rings is 24. The summed E-state index contributed by atoms with van der Waals surface area (Å²) in [5.41, 5.74) is 22.7. The Bertz CT molecular complexity index is 8720. The Morgan fingerprint density at radius 3 is 0.814 bits per heavy atom. The third-order valence-corrected chi connectivity index (χ3v) is 29.5. The molecule has 0 radical (unpaired) electrons. The summed E-state index contributed by atoms with van der Waals surface area (Å²) in [4.78, 5) is 0. The maximum atomic E-state index is 2.46. The first-order valence-electron chi connectivity index (χ1n) is 52.2. The molecule has 24 aromatic carbocycles. The van der Waals surface area contributed by atoms with E-state index in [9.17, 15) is 0 Å². The molecule has 696 valence electrons. The van der Waals surface area contributed by atoms with Gasteiger partial charge < -0.3 is 0 Å². The van der Waals surface area contributed by atoms with Crippen molar-refractivity contribution in [3.05, 3.63) is 433 Å². The predicted octanol–water partition coefficient (Wildman–Crippen LogP) is 42.6. The second-order valence-electron chi connectivity index (χ2n) is 37.6. The second kappa shape index (κ2) is 40.1. The summed E-state index contributed by atoms with van der Waals surface area (Å²) >= 11 is 0. The van der Waals surface area contributed by atoms with Crippen molar-refractivity contribution in [3.8, 4) is 44.5 Å². The Morgan fingerprint density at radius 2 is 0.371 bits per heavy atom. The van der Waals surface area contributed by atoms with Crippen molar-refractivity contribution >= 4 is 172 Å². The fourth-order valence-corrected chi connectivity index (χ4v) is 23.6. The van der Waals surface area contributed by atoms with Crippen molar-refractivity contribution in [2.75, 3.05) is 0 Å². The van der Waals surface area contributed by atoms with E-state index in [1.165, 1.54) is 261 Å². The average molecular weight is 1820 g/mol. The van der Waals surface area contributed by atoms with Gasteiger partial charge >= 0.3 is 0 Å². The van der Waals surface area contributed by atoms with Gasteiger partial charge in [0, 0.05) is 21.7 Å². The highest BCUT2D eigenvalue weighted by atomic mass is 14.5. The summed E-state index contributed by atoms with van der Waals surface area (Å²) in [6.07, 6.45) is 0. The molecule has 0 bridgehead atoms. The normalized spacial score (nSPS) is 13.1. The summed E-state index contributed by atoms with van der Waals surface area (Å²) in [6.45, 7) is 51.1. The molecule has 0 fully saturated rings. The van der Waals surface area contributed by atoms with Gasteiger partial charge in [0.1, 0.15) is 0 Å². The van der Waals surface area contributed by atoms with E-state index in [-0.39, 0.29) is 21.7 Å². The fourth-order valence-electron chi connectivity index (χ4n) is 23.6. The molecule has 0 atom stereocenters. The van der Waals surface area contributed by atoms with Crippen molar-refractivity contribution in [3.63, 3.8) is 0 Å². The van der Waals surface area contributed by atoms with Crippen LogP contribution in [0.3, 0.4) is 0 Å². The highest BCUT2D eigenvalue weighted by molar-refractivity contribution is 6.24. The summed E-state index contributed by atoms with van der Waals surface area (Å²) in [5.74, 6) is 0. The van der Waals surface area contributed by atoms with Gasteiger partial charge in [-0.05, 0) is 322 Å². The SMILES string of the molecule is CC.CC.CC.CC.CC.CC.CC.CC.CC1(C)c2cc3c(ccc4ccccc43)cc2-c2c1ccc1cc3ccccc3cc21.CC1(C)c2ccc3cc4ccccc4cc3c2-c2c1c1ccccc1c1ccccc21.CC1(C)c2ccc3cc4ccccc4cc3c2-c2ccc3c(ccc4ccccc43)c21.CC1(C)c2ccc3cc4ccccc4cc3c2-c2ccc3ccc4ccccc4c3c21. The minimum atomic E-state index is -0.0475. The lowest BCUT2D eigenvalue weighted by Crippen LogP contribution is -2.15. The second-order valence-corrected chi connectivity index (χ2v) is 37.6. The minimum Gasteiger partial charge on any atom is -0.0683 e. The van der Waals surface area contributed by atoms with Crippen LogP contribution in [0, 0.1) is 0 Å². The molecule has 0 aliphatic heterocycles. The van der Waals surface area contributed by atoms with Gasteiger partial charge in [-0.25, -0.2) is 0 Å². The molecule has 0 heteroatoms. The van der Waals surface area contributed by atoms with Crippen molar-refractivity contribution in [1.82, 2.24) is 0 Å². The van der Waals surface area contributed by atoms with Gasteiger partial charge in [-0.15, -0.1) is 0 Å². The smallest absolute Gasteiger partial charge is 0.0165 e. The summed E-state index contributed by atoms with van der Waals surface area (Å²) < 4.78 is 0. The highest BCUT2D eigenvalue weighted by Gasteiger charge is 2.43. The third kappa shape index (κ3) is 15.9. The van der Waals surface area contributed by atoms with E-state index < -0.39 is 0 Å². The largest absolute Gasteiger partial charge is 0.0683 e. The Labute approximate surface area is 831 Å². The molecular formula is C140H136. The van der Waals surface area contributed by atoms with Gasteiger partial charge in [-0.3, -0.25) is 0 Å². The summed E-state index contributed by atoms with van der Waals surface area (Å²) in [7, 11) is 0. The van der Waals surface area contributed by atoms with E-state index in [1.54, 1.807) is 0 Å². The van der Waals surface area contributed by atoms with Crippen LogP contribution in [-0.4, -0.2) is 0 Å². The van der Waals surface area contributed by atoms with Gasteiger partial charge in [0.25, 0.3) is 0 Å². The standard InChI is InChI=1S/4C31H22.8C2H6/c1-31(2)27-16-15-21-17-19-9-3-4-10-20(19)18-26(21)28(27)29-24-13-7-5-11-22(24)23-12-6-8-14-25(23)30(29)31;1-31(2)28-16-12-22-17-20-8-3-4-9-21(20)18-27(22)29(28)26-15-14-24-23-10-6-5-7-19(23)11-13-25(24)30(26)31;1-31(2)27-16-14-23-17-21-8-3-4-9-22(21)18-26(23)29(27)25-15-13-20-12-11-19-7-5-6-10-24(19)28(20)30(25)31;1-31(2)28-14-13-22-15-20-8-3-4-9-21(20)16-26(22)30(28)27-17-23-12-11-19-7-5-6-10-24(19)25(23)18-29(27)31;8*1-2/h4*3-18H,1-2H3;8*1-2H3. The van der Waals surface area contributed by atoms with Crippen LogP contribution in [-0.2, 0) is 21.7 Å². The summed E-state index contributed by atoms with van der Waals surface area (Å²) in [6, 6.07) is 144. The van der Waals surface area contributed by atoms with Crippen molar-refractivity contribution < 1.29 is 0 Å². The number of rotatable bonds is 0. The molecule has 4 aliphatic carbocycles. The zero-order chi connectivity index (χ0) is 99.0. The van der Waals surface area contributed by atoms with Crippen LogP contribution in [0.2, 0.25) is 0 Å². The van der Waals surface area contributed by atoms with Gasteiger partial charge in [0.15, 0.2) is 0 Å². The van der Waals surface area contributed by atoms with Crippen molar-refractivity contribution in [2.45, 2.75) is 188 Å². The van der Waals surface area contributed by atoms with Crippen LogP contribution in [0.25, 0.3) is 217 Å². The van der Waals surface area contributed by atoms with Crippen molar-refractivity contribution in [2.24, 2.45) is 0 Å². The van der Waals surface area contributed by atoms with Crippen LogP contribution >= 0.6 is 0 Å². The Hall–Kier alpha value is -14.6. The van der Waals surface area contributed by atoms with Crippen LogP contribution in [0.4, 0.5) is 0 Å². The molecule has 0 heterocycles. The first kappa shape index (κ1) is 97.1. The molecule has 0 saturated carbocycles. The molecule has 0 unspecified atom stereocenters. The van der Waals surface area contributed by atoms with Crippen molar-refractivity contribution in [1.29, 1.82) is 0 Å². The topological polar surface area (TPSA) is 0 Å². The lowest BCUT2D eigenvalue weighted by molar-refractivity contribution is 0.661. The van der Waals surface area contributed by atoms with Gasteiger partial charge in [0.05, 0.1) is 0 Å². The molecule has 0 spiro atoms. The zero-order valence-electron chi connectivity index (χ0n) is 87.0. The van der Waals surface area contributed by atoms with Crippen LogP contribution < -0.4 is 0 Å². The first-order chi connectivity index (χ1) is 68.5. The Morgan fingerprint density at radius 1 is 0.121 bits per heavy atom. The molecule has 0 nitrogen and oxygen atoms in total. The van der Waals surface area contributed by atoms with E-state index in [4.69, 9.17) is 0 Å². The van der Waals surface area contributed by atoms with Crippen LogP contribution in [0.1, 0.15) is 211 Å². The lowest BCUT2D eigenvalue weighted by atomic mass is 9.79. The minimum absolute atomic E-state index is 0.0182. The quantitative estimate of drug-likeness (QED) is 0.105. The predicted molar refractivity (Wildman–Crippen MR) is 627 cm³/mol. The lowest BCUT2D eigenvalue weighted by Gasteiger charge is -2.24. The van der Waals surface area contributed by atoms with E-state index >= 15 is 0 Å².